The van der Waals surface area contributed by atoms with Crippen LogP contribution in [0.15, 0.2) is 24.3 Å². The summed E-state index contributed by atoms with van der Waals surface area (Å²) < 4.78 is 0. The fraction of sp³-hybridized carbons (Fsp3) is 0.500. The first-order valence-corrected chi connectivity index (χ1v) is 6.70. The van der Waals surface area contributed by atoms with E-state index in [1.165, 1.54) is 24.9 Å². The second kappa shape index (κ2) is 3.99. The van der Waals surface area contributed by atoms with E-state index in [1.807, 2.05) is 0 Å². The van der Waals surface area contributed by atoms with Crippen LogP contribution in [-0.4, -0.2) is 13.1 Å². The number of fused-ring (bicyclic) bond motifs is 3. The van der Waals surface area contributed by atoms with Gasteiger partial charge in [-0.15, -0.1) is 0 Å². The number of benzene rings is 1. The first-order chi connectivity index (χ1) is 8.24. The highest BCUT2D eigenvalue weighted by Crippen LogP contribution is 2.48. The molecule has 0 bridgehead atoms. The summed E-state index contributed by atoms with van der Waals surface area (Å²) in [5.74, 6) is 0.719. The van der Waals surface area contributed by atoms with E-state index in [0.29, 0.717) is 5.41 Å². The lowest BCUT2D eigenvalue weighted by molar-refractivity contribution is 0.277. The Kier molecular flexibility index (Phi) is 2.59. The minimum Gasteiger partial charge on any atom is -0.316 e. The van der Waals surface area contributed by atoms with Gasteiger partial charge in [0, 0.05) is 19.0 Å². The summed E-state index contributed by atoms with van der Waals surface area (Å²) in [6, 6.07) is 6.82. The van der Waals surface area contributed by atoms with Crippen molar-refractivity contribution in [2.24, 2.45) is 5.41 Å². The maximum Gasteiger partial charge on any atom is 0.00324 e. The highest BCUT2D eigenvalue weighted by Gasteiger charge is 2.43. The molecular weight excluding hydrogens is 206 g/mol. The second-order valence-corrected chi connectivity index (χ2v) is 5.75. The van der Waals surface area contributed by atoms with Gasteiger partial charge in [-0.1, -0.05) is 37.3 Å². The van der Waals surface area contributed by atoms with Crippen LogP contribution in [0.1, 0.15) is 42.9 Å². The maximum atomic E-state index is 3.58. The zero-order valence-corrected chi connectivity index (χ0v) is 10.8. The molecule has 1 aromatic rings. The monoisotopic (exact) mass is 227 g/mol. The summed E-state index contributed by atoms with van der Waals surface area (Å²) in [6.07, 6.45) is 6.97. The Morgan fingerprint density at radius 1 is 1.41 bits per heavy atom. The van der Waals surface area contributed by atoms with Crippen molar-refractivity contribution in [1.82, 2.24) is 5.32 Å². The summed E-state index contributed by atoms with van der Waals surface area (Å²) in [5, 5.41) is 3.58. The lowest BCUT2D eigenvalue weighted by Gasteiger charge is -2.37. The lowest BCUT2D eigenvalue weighted by Crippen LogP contribution is -2.30. The van der Waals surface area contributed by atoms with Crippen LogP contribution in [0, 0.1) is 5.41 Å². The Morgan fingerprint density at radius 2 is 2.29 bits per heavy atom. The Hall–Kier alpha value is -1.08. The summed E-state index contributed by atoms with van der Waals surface area (Å²) in [7, 11) is 0. The van der Waals surface area contributed by atoms with Crippen LogP contribution in [-0.2, 0) is 6.42 Å². The molecule has 90 valence electrons. The molecule has 1 saturated heterocycles. The van der Waals surface area contributed by atoms with E-state index in [-0.39, 0.29) is 0 Å². The molecule has 3 rings (SSSR count). The fourth-order valence-corrected chi connectivity index (χ4v) is 3.60. The quantitative estimate of drug-likeness (QED) is 0.775. The van der Waals surface area contributed by atoms with Crippen molar-refractivity contribution in [2.45, 2.75) is 32.6 Å². The average Bonchev–Trinajstić information content (AvgIpc) is 2.72. The van der Waals surface area contributed by atoms with Gasteiger partial charge in [0.05, 0.1) is 0 Å². The summed E-state index contributed by atoms with van der Waals surface area (Å²) in [6.45, 7) is 6.89. The minimum atomic E-state index is 0.488. The molecule has 0 radical (unpaired) electrons. The van der Waals surface area contributed by atoms with Crippen molar-refractivity contribution in [1.29, 1.82) is 0 Å². The fourth-order valence-electron chi connectivity index (χ4n) is 3.60. The van der Waals surface area contributed by atoms with Crippen molar-refractivity contribution >= 4 is 6.08 Å². The van der Waals surface area contributed by atoms with Crippen molar-refractivity contribution in [3.8, 4) is 0 Å². The predicted molar refractivity (Wildman–Crippen MR) is 73.2 cm³/mol. The van der Waals surface area contributed by atoms with Gasteiger partial charge >= 0.3 is 0 Å². The summed E-state index contributed by atoms with van der Waals surface area (Å²) >= 11 is 0. The highest BCUT2D eigenvalue weighted by molar-refractivity contribution is 5.57. The number of hydrogen-bond donors (Lipinski definition) is 1. The Morgan fingerprint density at radius 3 is 3.12 bits per heavy atom. The second-order valence-electron chi connectivity index (χ2n) is 5.75. The van der Waals surface area contributed by atoms with Crippen LogP contribution in [0.3, 0.4) is 0 Å². The summed E-state index contributed by atoms with van der Waals surface area (Å²) in [5.41, 5.74) is 5.11. The van der Waals surface area contributed by atoms with E-state index in [1.54, 1.807) is 11.1 Å². The van der Waals surface area contributed by atoms with Gasteiger partial charge in [-0.05, 0) is 41.9 Å². The van der Waals surface area contributed by atoms with Gasteiger partial charge in [0.2, 0.25) is 0 Å². The Labute approximate surface area is 104 Å². The summed E-state index contributed by atoms with van der Waals surface area (Å²) in [4.78, 5) is 0. The molecule has 1 heteroatoms. The molecule has 1 aliphatic heterocycles. The molecule has 2 atom stereocenters. The van der Waals surface area contributed by atoms with Gasteiger partial charge in [0.15, 0.2) is 0 Å². The Balaban J connectivity index is 2.10. The molecule has 1 aromatic carbocycles. The van der Waals surface area contributed by atoms with Crippen LogP contribution in [0.4, 0.5) is 0 Å². The first-order valence-electron chi connectivity index (χ1n) is 6.70. The molecule has 1 heterocycles. The van der Waals surface area contributed by atoms with E-state index in [9.17, 15) is 0 Å². The normalized spacial score (nSPS) is 31.5. The van der Waals surface area contributed by atoms with E-state index in [4.69, 9.17) is 0 Å². The van der Waals surface area contributed by atoms with Gasteiger partial charge in [-0.2, -0.15) is 0 Å². The molecule has 1 unspecified atom stereocenters. The van der Waals surface area contributed by atoms with Crippen LogP contribution in [0.25, 0.3) is 6.08 Å². The van der Waals surface area contributed by atoms with Crippen LogP contribution >= 0.6 is 0 Å². The minimum absolute atomic E-state index is 0.488. The van der Waals surface area contributed by atoms with E-state index >= 15 is 0 Å². The number of hydrogen-bond acceptors (Lipinski definition) is 1. The smallest absolute Gasteiger partial charge is 0.00324 e. The number of rotatable bonds is 1. The number of nitrogens with one attached hydrogen (secondary N) is 1. The average molecular weight is 227 g/mol. The largest absolute Gasteiger partial charge is 0.316 e. The molecule has 17 heavy (non-hydrogen) atoms. The van der Waals surface area contributed by atoms with Gasteiger partial charge in [0.1, 0.15) is 0 Å². The van der Waals surface area contributed by atoms with Gasteiger partial charge < -0.3 is 5.32 Å². The number of allylic oxidation sites excluding steroid dienone is 1. The molecule has 1 N–H and O–H groups in total. The molecular formula is C16H21N. The van der Waals surface area contributed by atoms with E-state index in [0.717, 1.165) is 12.5 Å². The topological polar surface area (TPSA) is 12.0 Å². The van der Waals surface area contributed by atoms with Gasteiger partial charge in [0.25, 0.3) is 0 Å². The molecule has 0 spiro atoms. The zero-order valence-electron chi connectivity index (χ0n) is 10.8. The van der Waals surface area contributed by atoms with Crippen LogP contribution in [0.2, 0.25) is 0 Å². The van der Waals surface area contributed by atoms with Crippen molar-refractivity contribution in [2.75, 3.05) is 13.1 Å². The maximum absolute atomic E-state index is 3.58. The first kappa shape index (κ1) is 11.0. The Bertz CT molecular complexity index is 461. The van der Waals surface area contributed by atoms with Crippen molar-refractivity contribution < 1.29 is 0 Å². The predicted octanol–water partition coefficient (Wildman–Crippen LogP) is 3.36. The SMILES string of the molecule is C/C=C\c1cccc2c1CC[C@]1(C)CNCC21. The van der Waals surface area contributed by atoms with E-state index < -0.39 is 0 Å². The molecule has 0 saturated carbocycles. The van der Waals surface area contributed by atoms with Crippen molar-refractivity contribution in [3.63, 3.8) is 0 Å². The van der Waals surface area contributed by atoms with Crippen LogP contribution in [0.5, 0.6) is 0 Å². The third kappa shape index (κ3) is 1.64. The molecule has 1 nitrogen and oxygen atoms in total. The molecule has 0 aromatic heterocycles. The zero-order chi connectivity index (χ0) is 11.9. The van der Waals surface area contributed by atoms with Gasteiger partial charge in [-0.3, -0.25) is 0 Å². The molecule has 0 amide bonds. The van der Waals surface area contributed by atoms with Crippen molar-refractivity contribution in [3.05, 3.63) is 41.0 Å². The third-order valence-corrected chi connectivity index (χ3v) is 4.63. The lowest BCUT2D eigenvalue weighted by atomic mass is 9.66. The van der Waals surface area contributed by atoms with Gasteiger partial charge in [-0.25, -0.2) is 0 Å². The molecule has 2 aliphatic rings. The molecule has 1 aliphatic carbocycles. The molecule has 1 fully saturated rings. The van der Waals surface area contributed by atoms with E-state index in [2.05, 4.69) is 49.5 Å². The highest BCUT2D eigenvalue weighted by atomic mass is 14.9. The standard InChI is InChI=1S/C16H21N/c1-3-5-12-6-4-7-14-13(12)8-9-16(2)11-17-10-15(14)16/h3-7,15,17H,8-11H2,1-2H3/b5-3-/t15?,16-/m1/s1. The third-order valence-electron chi connectivity index (χ3n) is 4.63. The van der Waals surface area contributed by atoms with Crippen LogP contribution < -0.4 is 5.32 Å².